The molecule has 0 unspecified atom stereocenters. The second kappa shape index (κ2) is 13.3. The van der Waals surface area contributed by atoms with Gasteiger partial charge in [0.05, 0.1) is 47.7 Å². The number of rotatable bonds is 12. The molecule has 12 heteroatoms. The Morgan fingerprint density at radius 3 is 2.36 bits per heavy atom. The Morgan fingerprint density at radius 2 is 1.71 bits per heavy atom. The van der Waals surface area contributed by atoms with Gasteiger partial charge < -0.3 is 25.4 Å². The number of amides is 1. The number of sulfonamides is 1. The fourth-order valence-corrected chi connectivity index (χ4v) is 5.46. The van der Waals surface area contributed by atoms with Crippen molar-refractivity contribution in [1.29, 1.82) is 0 Å². The molecule has 3 aromatic rings. The molecular weight excluding hydrogens is 560 g/mol. The number of likely N-dealkylation sites (N-methyl/N-ethyl adjacent to an activating group) is 1. The van der Waals surface area contributed by atoms with Crippen molar-refractivity contribution in [3.63, 3.8) is 0 Å². The van der Waals surface area contributed by atoms with Crippen molar-refractivity contribution in [2.24, 2.45) is 0 Å². The summed E-state index contributed by atoms with van der Waals surface area (Å²) in [7, 11) is 0.503. The molecule has 0 spiro atoms. The van der Waals surface area contributed by atoms with E-state index in [1.807, 2.05) is 35.2 Å². The number of aliphatic hydroxyl groups is 1. The van der Waals surface area contributed by atoms with E-state index in [0.29, 0.717) is 52.4 Å². The highest BCUT2D eigenvalue weighted by Gasteiger charge is 2.30. The van der Waals surface area contributed by atoms with E-state index in [2.05, 4.69) is 10.6 Å². The Kier molecular flexibility index (Phi) is 9.76. The van der Waals surface area contributed by atoms with Crippen LogP contribution in [0, 0.1) is 6.92 Å². The van der Waals surface area contributed by atoms with Crippen LogP contribution in [0.4, 0.5) is 11.4 Å². The number of anilines is 2. The standard InChI is InChI=1S/C30H34N4O7S/c1-20-18-25-26(19-24(20)30(37)40-4)32-29(36)27(25)28(21-8-6-5-7-9-21)31-22-10-12-23(13-11-22)42(38,39)34(3)41-17-15-33(2)14-16-35/h5-13,18-19,31,35H,14-17H2,1-4H3,(H,32,36)/b28-27+. The lowest BCUT2D eigenvalue weighted by atomic mass is 9.96. The number of aliphatic hydroxyl groups excluding tert-OH is 1. The summed E-state index contributed by atoms with van der Waals surface area (Å²) in [5.74, 6) is -0.844. The smallest absolute Gasteiger partial charge is 0.338 e. The Hall–Kier alpha value is -4.07. The number of carbonyl (C=O) groups is 2. The summed E-state index contributed by atoms with van der Waals surface area (Å²) in [5, 5.41) is 15.1. The van der Waals surface area contributed by atoms with E-state index < -0.39 is 16.0 Å². The van der Waals surface area contributed by atoms with Crippen LogP contribution in [0.2, 0.25) is 0 Å². The van der Waals surface area contributed by atoms with Gasteiger partial charge in [-0.25, -0.2) is 13.2 Å². The zero-order valence-electron chi connectivity index (χ0n) is 23.9. The van der Waals surface area contributed by atoms with Crippen molar-refractivity contribution in [3.8, 4) is 0 Å². The summed E-state index contributed by atoms with van der Waals surface area (Å²) < 4.78 is 31.8. The molecule has 3 N–H and O–H groups in total. The van der Waals surface area contributed by atoms with E-state index in [1.54, 1.807) is 38.2 Å². The normalized spacial score (nSPS) is 14.1. The first-order chi connectivity index (χ1) is 20.1. The number of fused-ring (bicyclic) bond motifs is 1. The van der Waals surface area contributed by atoms with Gasteiger partial charge in [0.1, 0.15) is 0 Å². The van der Waals surface area contributed by atoms with Crippen LogP contribution in [0.15, 0.2) is 71.6 Å². The number of nitrogens with zero attached hydrogens (tertiary/aromatic N) is 2. The van der Waals surface area contributed by atoms with Crippen LogP contribution in [0.3, 0.4) is 0 Å². The number of esters is 1. The van der Waals surface area contributed by atoms with Gasteiger partial charge in [-0.2, -0.15) is 0 Å². The summed E-state index contributed by atoms with van der Waals surface area (Å²) in [5.41, 5.74) is 4.31. The third-order valence-corrected chi connectivity index (χ3v) is 8.46. The molecular formula is C30H34N4O7S. The minimum Gasteiger partial charge on any atom is -0.465 e. The summed E-state index contributed by atoms with van der Waals surface area (Å²) in [6.07, 6.45) is 0. The van der Waals surface area contributed by atoms with Crippen molar-refractivity contribution in [2.45, 2.75) is 11.8 Å². The fraction of sp³-hybridized carbons (Fsp3) is 0.267. The molecule has 42 heavy (non-hydrogen) atoms. The molecule has 11 nitrogen and oxygen atoms in total. The second-order valence-electron chi connectivity index (χ2n) is 9.70. The van der Waals surface area contributed by atoms with Crippen LogP contribution in [-0.4, -0.2) is 82.3 Å². The fourth-order valence-electron chi connectivity index (χ4n) is 4.47. The minimum absolute atomic E-state index is 0.000835. The molecule has 0 atom stereocenters. The van der Waals surface area contributed by atoms with Gasteiger partial charge in [-0.3, -0.25) is 9.63 Å². The van der Waals surface area contributed by atoms with Gasteiger partial charge >= 0.3 is 5.97 Å². The van der Waals surface area contributed by atoms with E-state index in [9.17, 15) is 18.0 Å². The number of hydroxylamine groups is 1. The van der Waals surface area contributed by atoms with E-state index in [4.69, 9.17) is 14.7 Å². The highest BCUT2D eigenvalue weighted by molar-refractivity contribution is 7.89. The van der Waals surface area contributed by atoms with Crippen molar-refractivity contribution in [3.05, 3.63) is 89.0 Å². The maximum atomic E-state index is 13.3. The van der Waals surface area contributed by atoms with E-state index in [0.717, 1.165) is 10.0 Å². The molecule has 3 aromatic carbocycles. The third-order valence-electron chi connectivity index (χ3n) is 6.81. The van der Waals surface area contributed by atoms with Crippen LogP contribution < -0.4 is 10.6 Å². The molecule has 0 aromatic heterocycles. The SMILES string of the molecule is COC(=O)c1cc2c(cc1C)/C(=C(\Nc1ccc(S(=O)(=O)N(C)OCCN(C)CCO)cc1)c1ccccc1)C(=O)N2. The summed E-state index contributed by atoms with van der Waals surface area (Å²) in [4.78, 5) is 32.8. The molecule has 222 valence electrons. The number of benzene rings is 3. The Balaban J connectivity index is 1.64. The Morgan fingerprint density at radius 1 is 1.02 bits per heavy atom. The van der Waals surface area contributed by atoms with Gasteiger partial charge in [0, 0.05) is 31.4 Å². The first-order valence-corrected chi connectivity index (χ1v) is 14.6. The summed E-state index contributed by atoms with van der Waals surface area (Å²) in [6.45, 7) is 2.80. The molecule has 0 saturated heterocycles. The molecule has 1 aliphatic rings. The van der Waals surface area contributed by atoms with Gasteiger partial charge in [0.25, 0.3) is 15.9 Å². The van der Waals surface area contributed by atoms with Crippen LogP contribution >= 0.6 is 0 Å². The summed E-state index contributed by atoms with van der Waals surface area (Å²) >= 11 is 0. The number of nitrogens with one attached hydrogen (secondary N) is 2. The number of aryl methyl sites for hydroxylation is 1. The lowest BCUT2D eigenvalue weighted by molar-refractivity contribution is -0.110. The number of hydrogen-bond acceptors (Lipinski definition) is 9. The van der Waals surface area contributed by atoms with E-state index >= 15 is 0 Å². The third kappa shape index (κ3) is 6.69. The zero-order valence-corrected chi connectivity index (χ0v) is 24.7. The van der Waals surface area contributed by atoms with Crippen molar-refractivity contribution in [1.82, 2.24) is 9.37 Å². The topological polar surface area (TPSA) is 138 Å². The molecule has 1 heterocycles. The van der Waals surface area contributed by atoms with Crippen molar-refractivity contribution >= 4 is 44.5 Å². The molecule has 0 saturated carbocycles. The molecule has 1 amide bonds. The van der Waals surface area contributed by atoms with Crippen LogP contribution in [-0.2, 0) is 24.4 Å². The molecule has 0 bridgehead atoms. The average Bonchev–Trinajstić information content (AvgIpc) is 3.29. The molecule has 0 fully saturated rings. The minimum atomic E-state index is -3.93. The predicted molar refractivity (Wildman–Crippen MR) is 160 cm³/mol. The van der Waals surface area contributed by atoms with Crippen LogP contribution in [0.5, 0.6) is 0 Å². The maximum Gasteiger partial charge on any atom is 0.338 e. The van der Waals surface area contributed by atoms with E-state index in [1.165, 1.54) is 26.3 Å². The molecule has 0 radical (unpaired) electrons. The lowest BCUT2D eigenvalue weighted by Crippen LogP contribution is -2.32. The van der Waals surface area contributed by atoms with Gasteiger partial charge in [-0.15, -0.1) is 0 Å². The largest absolute Gasteiger partial charge is 0.465 e. The summed E-state index contributed by atoms with van der Waals surface area (Å²) in [6, 6.07) is 18.8. The quantitative estimate of drug-likeness (QED) is 0.164. The maximum absolute atomic E-state index is 13.3. The first kappa shape index (κ1) is 30.9. The Bertz CT molecular complexity index is 1590. The Labute approximate surface area is 245 Å². The number of carbonyl (C=O) groups excluding carboxylic acids is 2. The highest BCUT2D eigenvalue weighted by Crippen LogP contribution is 2.39. The zero-order chi connectivity index (χ0) is 30.4. The van der Waals surface area contributed by atoms with Gasteiger partial charge in [-0.1, -0.05) is 34.8 Å². The number of ether oxygens (including phenoxy) is 1. The number of hydrogen-bond donors (Lipinski definition) is 3. The monoisotopic (exact) mass is 594 g/mol. The van der Waals surface area contributed by atoms with Gasteiger partial charge in [0.15, 0.2) is 0 Å². The van der Waals surface area contributed by atoms with Crippen molar-refractivity contribution < 1.29 is 32.7 Å². The van der Waals surface area contributed by atoms with Crippen LogP contribution in [0.1, 0.15) is 27.0 Å². The van der Waals surface area contributed by atoms with E-state index in [-0.39, 0.29) is 24.0 Å². The van der Waals surface area contributed by atoms with Gasteiger partial charge in [0.2, 0.25) is 0 Å². The predicted octanol–water partition coefficient (Wildman–Crippen LogP) is 3.19. The average molecular weight is 595 g/mol. The van der Waals surface area contributed by atoms with Crippen molar-refractivity contribution in [2.75, 3.05) is 58.1 Å². The highest BCUT2D eigenvalue weighted by atomic mass is 32.2. The molecule has 1 aliphatic heterocycles. The van der Waals surface area contributed by atoms with Crippen LogP contribution in [0.25, 0.3) is 11.3 Å². The number of methoxy groups -OCH3 is 1. The second-order valence-corrected chi connectivity index (χ2v) is 11.6. The van der Waals surface area contributed by atoms with Gasteiger partial charge in [-0.05, 0) is 61.5 Å². The lowest BCUT2D eigenvalue weighted by Gasteiger charge is -2.20. The molecule has 4 rings (SSSR count). The first-order valence-electron chi connectivity index (χ1n) is 13.2. The molecule has 0 aliphatic carbocycles.